The summed E-state index contributed by atoms with van der Waals surface area (Å²) >= 11 is 0. The number of rotatable bonds is 2. The fourth-order valence-corrected chi connectivity index (χ4v) is 1.03. The molecule has 1 rings (SSSR count). The predicted octanol–water partition coefficient (Wildman–Crippen LogP) is 2.44. The van der Waals surface area contributed by atoms with Gasteiger partial charge in [-0.15, -0.1) is 5.92 Å². The van der Waals surface area contributed by atoms with E-state index in [0.29, 0.717) is 0 Å². The minimum atomic E-state index is 0.274. The largest absolute Gasteiger partial charge is 0.292 e. The minimum Gasteiger partial charge on any atom is -0.292 e. The van der Waals surface area contributed by atoms with Crippen molar-refractivity contribution in [3.05, 3.63) is 12.2 Å². The van der Waals surface area contributed by atoms with Gasteiger partial charge in [0, 0.05) is 12.6 Å². The van der Waals surface area contributed by atoms with Crippen molar-refractivity contribution >= 4 is 6.21 Å². The Hall–Kier alpha value is -1.03. The van der Waals surface area contributed by atoms with Crippen molar-refractivity contribution in [3.63, 3.8) is 0 Å². The lowest BCUT2D eigenvalue weighted by Crippen LogP contribution is -1.99. The minimum absolute atomic E-state index is 0.274. The van der Waals surface area contributed by atoms with E-state index in [-0.39, 0.29) is 5.92 Å². The van der Waals surface area contributed by atoms with Gasteiger partial charge < -0.3 is 0 Å². The monoisotopic (exact) mass is 161 g/mol. The van der Waals surface area contributed by atoms with Gasteiger partial charge in [-0.05, 0) is 6.42 Å². The zero-order valence-corrected chi connectivity index (χ0v) is 7.59. The van der Waals surface area contributed by atoms with E-state index >= 15 is 0 Å². The van der Waals surface area contributed by atoms with Crippen molar-refractivity contribution in [1.82, 2.24) is 0 Å². The fourth-order valence-electron chi connectivity index (χ4n) is 1.03. The van der Waals surface area contributed by atoms with Crippen molar-refractivity contribution in [2.75, 3.05) is 6.54 Å². The van der Waals surface area contributed by atoms with Gasteiger partial charge >= 0.3 is 0 Å². The molecule has 1 heterocycles. The maximum absolute atomic E-state index is 4.14. The van der Waals surface area contributed by atoms with Crippen LogP contribution in [0.5, 0.6) is 0 Å². The van der Waals surface area contributed by atoms with E-state index in [0.717, 1.165) is 13.0 Å². The Morgan fingerprint density at radius 2 is 2.50 bits per heavy atom. The van der Waals surface area contributed by atoms with Gasteiger partial charge in [0.1, 0.15) is 0 Å². The van der Waals surface area contributed by atoms with Crippen molar-refractivity contribution in [3.8, 4) is 11.8 Å². The smallest absolute Gasteiger partial charge is 0.0732 e. The predicted molar refractivity (Wildman–Crippen MR) is 53.3 cm³/mol. The molecule has 0 N–H and O–H groups in total. The van der Waals surface area contributed by atoms with E-state index in [1.165, 1.54) is 12.8 Å². The van der Waals surface area contributed by atoms with Gasteiger partial charge in [0.05, 0.1) is 12.5 Å². The van der Waals surface area contributed by atoms with Gasteiger partial charge in [0.15, 0.2) is 0 Å². The van der Waals surface area contributed by atoms with Gasteiger partial charge in [-0.2, -0.15) is 0 Å². The number of aliphatic imine (C=N–C) groups is 1. The summed E-state index contributed by atoms with van der Waals surface area (Å²) in [6.45, 7) is 3.01. The van der Waals surface area contributed by atoms with Crippen molar-refractivity contribution in [2.24, 2.45) is 10.9 Å². The van der Waals surface area contributed by atoms with Crippen LogP contribution in [0.4, 0.5) is 0 Å². The molecule has 1 unspecified atom stereocenters. The van der Waals surface area contributed by atoms with E-state index < -0.39 is 0 Å². The summed E-state index contributed by atoms with van der Waals surface area (Å²) in [7, 11) is 0. The number of unbranched alkanes of at least 4 members (excludes halogenated alkanes) is 2. The van der Waals surface area contributed by atoms with E-state index in [1.807, 2.05) is 6.21 Å². The molecule has 0 aromatic carbocycles. The molecule has 0 amide bonds. The van der Waals surface area contributed by atoms with Crippen LogP contribution in [0.15, 0.2) is 17.1 Å². The van der Waals surface area contributed by atoms with Crippen LogP contribution < -0.4 is 0 Å². The molecule has 0 bridgehead atoms. The molecule has 64 valence electrons. The SMILES string of the molecule is CCCCC#CC1C=CCN=C1. The zero-order valence-electron chi connectivity index (χ0n) is 7.59. The third kappa shape index (κ3) is 3.39. The molecule has 12 heavy (non-hydrogen) atoms. The average Bonchev–Trinajstić information content (AvgIpc) is 2.14. The molecule has 1 heteroatoms. The van der Waals surface area contributed by atoms with Crippen molar-refractivity contribution in [1.29, 1.82) is 0 Å². The average molecular weight is 161 g/mol. The summed E-state index contributed by atoms with van der Waals surface area (Å²) in [6.07, 6.45) is 9.57. The quantitative estimate of drug-likeness (QED) is 0.335. The first-order valence-corrected chi connectivity index (χ1v) is 4.58. The van der Waals surface area contributed by atoms with Crippen LogP contribution in [0, 0.1) is 17.8 Å². The van der Waals surface area contributed by atoms with Gasteiger partial charge in [-0.25, -0.2) is 0 Å². The summed E-state index contributed by atoms with van der Waals surface area (Å²) in [5.74, 6) is 6.61. The van der Waals surface area contributed by atoms with Crippen LogP contribution in [0.3, 0.4) is 0 Å². The van der Waals surface area contributed by atoms with Gasteiger partial charge in [-0.3, -0.25) is 4.99 Å². The molecule has 0 radical (unpaired) electrons. The van der Waals surface area contributed by atoms with Crippen molar-refractivity contribution in [2.45, 2.75) is 26.2 Å². The van der Waals surface area contributed by atoms with Crippen LogP contribution in [-0.4, -0.2) is 12.8 Å². The first-order chi connectivity index (χ1) is 5.93. The molecule has 1 atom stereocenters. The zero-order chi connectivity index (χ0) is 8.65. The number of allylic oxidation sites excluding steroid dienone is 1. The Morgan fingerprint density at radius 1 is 1.58 bits per heavy atom. The summed E-state index contributed by atoms with van der Waals surface area (Å²) < 4.78 is 0. The molecule has 0 saturated carbocycles. The van der Waals surface area contributed by atoms with Crippen LogP contribution in [-0.2, 0) is 0 Å². The molecule has 0 aromatic rings. The number of hydrogen-bond donors (Lipinski definition) is 0. The molecular weight excluding hydrogens is 146 g/mol. The van der Waals surface area contributed by atoms with Crippen LogP contribution >= 0.6 is 0 Å². The standard InChI is InChI=1S/C11H15N/c1-2-3-4-5-7-11-8-6-9-12-10-11/h6,8,10-11H,2-4,9H2,1H3. The van der Waals surface area contributed by atoms with Gasteiger partial charge in [0.2, 0.25) is 0 Å². The van der Waals surface area contributed by atoms with Crippen LogP contribution in [0.25, 0.3) is 0 Å². The first-order valence-electron chi connectivity index (χ1n) is 4.58. The summed E-state index contributed by atoms with van der Waals surface area (Å²) in [5, 5.41) is 0. The lowest BCUT2D eigenvalue weighted by atomic mass is 10.1. The van der Waals surface area contributed by atoms with E-state index in [2.05, 4.69) is 35.9 Å². The van der Waals surface area contributed by atoms with Crippen LogP contribution in [0.1, 0.15) is 26.2 Å². The second kappa shape index (κ2) is 5.60. The Kier molecular flexibility index (Phi) is 4.23. The lowest BCUT2D eigenvalue weighted by Gasteiger charge is -2.00. The second-order valence-corrected chi connectivity index (χ2v) is 2.89. The van der Waals surface area contributed by atoms with E-state index in [1.54, 1.807) is 0 Å². The molecule has 0 fully saturated rings. The molecular formula is C11H15N. The number of nitrogens with zero attached hydrogens (tertiary/aromatic N) is 1. The molecule has 0 spiro atoms. The third-order valence-corrected chi connectivity index (χ3v) is 1.74. The van der Waals surface area contributed by atoms with Gasteiger partial charge in [-0.1, -0.05) is 31.4 Å². The van der Waals surface area contributed by atoms with Crippen LogP contribution in [0.2, 0.25) is 0 Å². The molecule has 0 saturated heterocycles. The third-order valence-electron chi connectivity index (χ3n) is 1.74. The molecule has 1 aliphatic heterocycles. The van der Waals surface area contributed by atoms with E-state index in [4.69, 9.17) is 0 Å². The Morgan fingerprint density at radius 3 is 3.17 bits per heavy atom. The maximum Gasteiger partial charge on any atom is 0.0732 e. The van der Waals surface area contributed by atoms with E-state index in [9.17, 15) is 0 Å². The topological polar surface area (TPSA) is 12.4 Å². The van der Waals surface area contributed by atoms with Gasteiger partial charge in [0.25, 0.3) is 0 Å². The normalized spacial score (nSPS) is 20.2. The highest BCUT2D eigenvalue weighted by Crippen LogP contribution is 1.99. The highest BCUT2D eigenvalue weighted by molar-refractivity contribution is 5.68. The number of hydrogen-bond acceptors (Lipinski definition) is 1. The summed E-state index contributed by atoms with van der Waals surface area (Å²) in [6, 6.07) is 0. The Labute approximate surface area is 74.6 Å². The fraction of sp³-hybridized carbons (Fsp3) is 0.545. The molecule has 1 aliphatic rings. The van der Waals surface area contributed by atoms with Crippen molar-refractivity contribution < 1.29 is 0 Å². The maximum atomic E-state index is 4.14. The number of dihydropyridines is 1. The Bertz CT molecular complexity index is 215. The lowest BCUT2D eigenvalue weighted by molar-refractivity contribution is 0.827. The first kappa shape index (κ1) is 9.06. The summed E-state index contributed by atoms with van der Waals surface area (Å²) in [5.41, 5.74) is 0. The second-order valence-electron chi connectivity index (χ2n) is 2.89. The highest BCUT2D eigenvalue weighted by Gasteiger charge is 1.96. The highest BCUT2D eigenvalue weighted by atomic mass is 14.7. The molecule has 0 aromatic heterocycles. The molecule has 0 aliphatic carbocycles. The molecule has 1 nitrogen and oxygen atoms in total. The Balaban J connectivity index is 2.27. The summed E-state index contributed by atoms with van der Waals surface area (Å²) in [4.78, 5) is 4.14.